The third kappa shape index (κ3) is 6.22. The molecule has 0 aromatic heterocycles. The van der Waals surface area contributed by atoms with Crippen LogP contribution < -0.4 is 5.32 Å². The molecule has 1 unspecified atom stereocenters. The summed E-state index contributed by atoms with van der Waals surface area (Å²) in [5.41, 5.74) is 3.08. The largest absolute Gasteiger partial charge is 0.312 e. The smallest absolute Gasteiger partial charge is 0.00966 e. The predicted molar refractivity (Wildman–Crippen MR) is 92.7 cm³/mol. The summed E-state index contributed by atoms with van der Waals surface area (Å²) in [6, 6.07) is 9.13. The van der Waals surface area contributed by atoms with E-state index in [1.807, 2.05) is 0 Å². The molecule has 1 aromatic carbocycles. The fourth-order valence-corrected chi connectivity index (χ4v) is 3.46. The van der Waals surface area contributed by atoms with Crippen LogP contribution in [0.4, 0.5) is 0 Å². The van der Waals surface area contributed by atoms with Gasteiger partial charge in [-0.05, 0) is 64.5 Å². The predicted octanol–water partition coefficient (Wildman–Crippen LogP) is 5.12. The zero-order chi connectivity index (χ0) is 15.3. The molecule has 1 saturated carbocycles. The summed E-state index contributed by atoms with van der Waals surface area (Å²) in [4.78, 5) is 0. The second-order valence-electron chi connectivity index (χ2n) is 8.07. The highest BCUT2D eigenvalue weighted by Crippen LogP contribution is 2.31. The second-order valence-corrected chi connectivity index (χ2v) is 8.07. The molecule has 0 heterocycles. The van der Waals surface area contributed by atoms with Crippen molar-refractivity contribution in [2.75, 3.05) is 6.54 Å². The molecule has 1 aliphatic carbocycles. The number of aryl methyl sites for hydroxylation is 1. The Morgan fingerprint density at radius 2 is 1.71 bits per heavy atom. The van der Waals surface area contributed by atoms with E-state index in [9.17, 15) is 0 Å². The van der Waals surface area contributed by atoms with Crippen molar-refractivity contribution < 1.29 is 0 Å². The first-order valence-corrected chi connectivity index (χ1v) is 8.73. The van der Waals surface area contributed by atoms with Crippen LogP contribution in [-0.4, -0.2) is 12.1 Å². The molecule has 0 bridgehead atoms. The van der Waals surface area contributed by atoms with E-state index in [1.54, 1.807) is 0 Å². The first kappa shape index (κ1) is 16.5. The van der Waals surface area contributed by atoms with Crippen molar-refractivity contribution in [1.29, 1.82) is 0 Å². The van der Waals surface area contributed by atoms with Gasteiger partial charge in [0.15, 0.2) is 0 Å². The van der Waals surface area contributed by atoms with Crippen molar-refractivity contribution in [2.24, 2.45) is 11.8 Å². The van der Waals surface area contributed by atoms with E-state index in [0.717, 1.165) is 18.4 Å². The highest BCUT2D eigenvalue weighted by atomic mass is 14.9. The number of hydrogen-bond donors (Lipinski definition) is 1. The summed E-state index contributed by atoms with van der Waals surface area (Å²) in [6.45, 7) is 10.1. The lowest BCUT2D eigenvalue weighted by Crippen LogP contribution is -2.40. The topological polar surface area (TPSA) is 12.0 Å². The summed E-state index contributed by atoms with van der Waals surface area (Å²) in [6.07, 6.45) is 8.44. The van der Waals surface area contributed by atoms with Crippen molar-refractivity contribution in [3.63, 3.8) is 0 Å². The average molecular weight is 287 g/mol. The molecular weight excluding hydrogens is 254 g/mol. The second kappa shape index (κ2) is 7.45. The fourth-order valence-electron chi connectivity index (χ4n) is 3.46. The Morgan fingerprint density at radius 3 is 2.29 bits per heavy atom. The SMILES string of the molecule is Cc1ccc(CC(CNC(C)(C)C)CC2CCCC2)cc1. The lowest BCUT2D eigenvalue weighted by molar-refractivity contribution is 0.317. The van der Waals surface area contributed by atoms with Crippen LogP contribution in [0.5, 0.6) is 0 Å². The Bertz CT molecular complexity index is 406. The van der Waals surface area contributed by atoms with Crippen molar-refractivity contribution in [3.8, 4) is 0 Å². The molecule has 0 spiro atoms. The van der Waals surface area contributed by atoms with Gasteiger partial charge in [-0.25, -0.2) is 0 Å². The van der Waals surface area contributed by atoms with Gasteiger partial charge in [-0.15, -0.1) is 0 Å². The Hall–Kier alpha value is -0.820. The Balaban J connectivity index is 1.94. The molecule has 2 rings (SSSR count). The summed E-state index contributed by atoms with van der Waals surface area (Å²) in [5.74, 6) is 1.75. The van der Waals surface area contributed by atoms with Crippen LogP contribution in [0.1, 0.15) is 64.0 Å². The molecule has 1 atom stereocenters. The van der Waals surface area contributed by atoms with Gasteiger partial charge in [-0.2, -0.15) is 0 Å². The lowest BCUT2D eigenvalue weighted by Gasteiger charge is -2.27. The first-order chi connectivity index (χ1) is 9.92. The summed E-state index contributed by atoms with van der Waals surface area (Å²) in [7, 11) is 0. The van der Waals surface area contributed by atoms with Gasteiger partial charge in [0.05, 0.1) is 0 Å². The summed E-state index contributed by atoms with van der Waals surface area (Å²) >= 11 is 0. The van der Waals surface area contributed by atoms with Gasteiger partial charge in [-0.1, -0.05) is 55.5 Å². The van der Waals surface area contributed by atoms with Gasteiger partial charge in [0.2, 0.25) is 0 Å². The highest BCUT2D eigenvalue weighted by Gasteiger charge is 2.21. The number of benzene rings is 1. The zero-order valence-electron chi connectivity index (χ0n) is 14.4. The van der Waals surface area contributed by atoms with Crippen molar-refractivity contribution >= 4 is 0 Å². The van der Waals surface area contributed by atoms with Gasteiger partial charge >= 0.3 is 0 Å². The lowest BCUT2D eigenvalue weighted by atomic mass is 9.87. The Morgan fingerprint density at radius 1 is 1.10 bits per heavy atom. The van der Waals surface area contributed by atoms with Crippen molar-refractivity contribution in [3.05, 3.63) is 35.4 Å². The van der Waals surface area contributed by atoms with E-state index >= 15 is 0 Å². The van der Waals surface area contributed by atoms with E-state index in [1.165, 1.54) is 49.7 Å². The van der Waals surface area contributed by atoms with Crippen LogP contribution >= 0.6 is 0 Å². The maximum atomic E-state index is 3.73. The summed E-state index contributed by atoms with van der Waals surface area (Å²) < 4.78 is 0. The third-order valence-corrected chi connectivity index (χ3v) is 4.71. The minimum absolute atomic E-state index is 0.223. The van der Waals surface area contributed by atoms with E-state index in [4.69, 9.17) is 0 Å². The molecule has 1 N–H and O–H groups in total. The molecule has 0 aliphatic heterocycles. The zero-order valence-corrected chi connectivity index (χ0v) is 14.4. The van der Waals surface area contributed by atoms with Gasteiger partial charge in [-0.3, -0.25) is 0 Å². The highest BCUT2D eigenvalue weighted by molar-refractivity contribution is 5.21. The van der Waals surface area contributed by atoms with Crippen LogP contribution in [0.15, 0.2) is 24.3 Å². The molecule has 1 aliphatic rings. The molecule has 1 aromatic rings. The molecule has 0 saturated heterocycles. The molecule has 0 radical (unpaired) electrons. The van der Waals surface area contributed by atoms with Crippen molar-refractivity contribution in [1.82, 2.24) is 5.32 Å². The number of rotatable bonds is 6. The van der Waals surface area contributed by atoms with E-state index in [0.29, 0.717) is 0 Å². The van der Waals surface area contributed by atoms with E-state index in [-0.39, 0.29) is 5.54 Å². The van der Waals surface area contributed by atoms with Crippen molar-refractivity contribution in [2.45, 2.75) is 71.8 Å². The van der Waals surface area contributed by atoms with E-state index in [2.05, 4.69) is 57.3 Å². The Labute approximate surface area is 131 Å². The minimum atomic E-state index is 0.223. The van der Waals surface area contributed by atoms with Gasteiger partial charge in [0, 0.05) is 5.54 Å². The van der Waals surface area contributed by atoms with Crippen LogP contribution in [0.2, 0.25) is 0 Å². The summed E-state index contributed by atoms with van der Waals surface area (Å²) in [5, 5.41) is 3.73. The maximum absolute atomic E-state index is 3.73. The average Bonchev–Trinajstić information content (AvgIpc) is 2.91. The van der Waals surface area contributed by atoms with Gasteiger partial charge < -0.3 is 5.32 Å². The Kier molecular flexibility index (Phi) is 5.87. The van der Waals surface area contributed by atoms with Crippen LogP contribution in [0, 0.1) is 18.8 Å². The molecule has 21 heavy (non-hydrogen) atoms. The maximum Gasteiger partial charge on any atom is 0.00966 e. The van der Waals surface area contributed by atoms with Crippen LogP contribution in [0.3, 0.4) is 0 Å². The molecule has 0 amide bonds. The van der Waals surface area contributed by atoms with Gasteiger partial charge in [0.25, 0.3) is 0 Å². The quantitative estimate of drug-likeness (QED) is 0.765. The fraction of sp³-hybridized carbons (Fsp3) is 0.700. The van der Waals surface area contributed by atoms with E-state index < -0.39 is 0 Å². The molecular formula is C20H33N. The third-order valence-electron chi connectivity index (χ3n) is 4.71. The normalized spacial score (nSPS) is 18.1. The number of hydrogen-bond acceptors (Lipinski definition) is 1. The first-order valence-electron chi connectivity index (χ1n) is 8.73. The standard InChI is InChI=1S/C20H33N/c1-16-9-11-18(12-10-16)14-19(15-21-20(2,3)4)13-17-7-5-6-8-17/h9-12,17,19,21H,5-8,13-15H2,1-4H3. The molecule has 118 valence electrons. The van der Waals surface area contributed by atoms with Gasteiger partial charge in [0.1, 0.15) is 0 Å². The number of nitrogens with one attached hydrogen (secondary N) is 1. The molecule has 1 nitrogen and oxygen atoms in total. The monoisotopic (exact) mass is 287 g/mol. The molecule has 1 heteroatoms. The molecule has 1 fully saturated rings. The van der Waals surface area contributed by atoms with Crippen LogP contribution in [-0.2, 0) is 6.42 Å². The minimum Gasteiger partial charge on any atom is -0.312 e. The van der Waals surface area contributed by atoms with Crippen LogP contribution in [0.25, 0.3) is 0 Å².